The Bertz CT molecular complexity index is 699. The van der Waals surface area contributed by atoms with Crippen LogP contribution in [0.2, 0.25) is 0 Å². The third-order valence-electron chi connectivity index (χ3n) is 3.77. The van der Waals surface area contributed by atoms with Gasteiger partial charge in [0.2, 0.25) is 0 Å². The van der Waals surface area contributed by atoms with Crippen molar-refractivity contribution in [2.45, 2.75) is 12.5 Å². The average Bonchev–Trinajstić information content (AvgIpc) is 2.54. The van der Waals surface area contributed by atoms with Gasteiger partial charge >= 0.3 is 6.09 Å². The van der Waals surface area contributed by atoms with Gasteiger partial charge in [-0.3, -0.25) is 0 Å². The molecule has 1 amide bonds. The van der Waals surface area contributed by atoms with E-state index in [1.807, 2.05) is 42.5 Å². The van der Waals surface area contributed by atoms with E-state index in [1.165, 1.54) is 0 Å². The maximum atomic E-state index is 10.9. The number of fused-ring (bicyclic) bond motifs is 1. The quantitative estimate of drug-likeness (QED) is 0.911. The van der Waals surface area contributed by atoms with Crippen LogP contribution in [-0.2, 0) is 0 Å². The van der Waals surface area contributed by atoms with Gasteiger partial charge in [0, 0.05) is 17.5 Å². The summed E-state index contributed by atoms with van der Waals surface area (Å²) in [5.41, 5.74) is 2.82. The van der Waals surface area contributed by atoms with Gasteiger partial charge in [0.15, 0.2) is 0 Å². The molecule has 1 atom stereocenters. The second-order valence-electron chi connectivity index (χ2n) is 5.09. The van der Waals surface area contributed by atoms with Crippen molar-refractivity contribution in [3.8, 4) is 22.6 Å². The second-order valence-corrected chi connectivity index (χ2v) is 5.09. The fraction of sp³-hybridized carbons (Fsp3) is 0.235. The van der Waals surface area contributed by atoms with Crippen LogP contribution in [-0.4, -0.2) is 24.9 Å². The molecule has 2 N–H and O–H groups in total. The minimum atomic E-state index is -1.02. The molecule has 0 aliphatic carbocycles. The summed E-state index contributed by atoms with van der Waals surface area (Å²) in [6.45, 7) is 0.493. The van der Waals surface area contributed by atoms with Gasteiger partial charge in [0.25, 0.3) is 0 Å². The molecule has 1 heterocycles. The molecular weight excluding hydrogens is 282 g/mol. The first-order valence-corrected chi connectivity index (χ1v) is 7.08. The smallest absolute Gasteiger partial charge is 0.405 e. The first-order chi connectivity index (χ1) is 10.7. The zero-order chi connectivity index (χ0) is 15.5. The van der Waals surface area contributed by atoms with Crippen LogP contribution in [0.1, 0.15) is 18.0 Å². The van der Waals surface area contributed by atoms with E-state index in [0.29, 0.717) is 18.8 Å². The van der Waals surface area contributed by atoms with E-state index in [0.717, 1.165) is 22.4 Å². The lowest BCUT2D eigenvalue weighted by atomic mass is 9.96. The van der Waals surface area contributed by atoms with E-state index in [9.17, 15) is 4.79 Å². The van der Waals surface area contributed by atoms with E-state index in [1.54, 1.807) is 7.11 Å². The van der Waals surface area contributed by atoms with Crippen LogP contribution in [0.4, 0.5) is 4.79 Å². The Morgan fingerprint density at radius 1 is 1.32 bits per heavy atom. The van der Waals surface area contributed by atoms with Crippen molar-refractivity contribution in [2.75, 3.05) is 13.7 Å². The highest BCUT2D eigenvalue weighted by Crippen LogP contribution is 2.37. The van der Waals surface area contributed by atoms with Crippen molar-refractivity contribution in [1.82, 2.24) is 5.32 Å². The number of benzene rings is 2. The summed E-state index contributed by atoms with van der Waals surface area (Å²) in [5, 5.41) is 11.5. The van der Waals surface area contributed by atoms with Crippen molar-refractivity contribution >= 4 is 6.09 Å². The lowest BCUT2D eigenvalue weighted by molar-refractivity contribution is 0.182. The summed E-state index contributed by atoms with van der Waals surface area (Å²) in [4.78, 5) is 10.9. The minimum absolute atomic E-state index is 0.229. The molecular formula is C17H17NO4. The molecule has 2 aromatic rings. The highest BCUT2D eigenvalue weighted by molar-refractivity contribution is 5.73. The highest BCUT2D eigenvalue weighted by Gasteiger charge is 2.23. The summed E-state index contributed by atoms with van der Waals surface area (Å²) in [5.74, 6) is 1.51. The maximum Gasteiger partial charge on any atom is 0.405 e. The van der Waals surface area contributed by atoms with Gasteiger partial charge in [-0.15, -0.1) is 0 Å². The molecule has 2 aromatic carbocycles. The maximum absolute atomic E-state index is 10.9. The van der Waals surface area contributed by atoms with Crippen molar-refractivity contribution in [2.24, 2.45) is 0 Å². The second kappa shape index (κ2) is 5.97. The standard InChI is InChI=1S/C17H17NO4/c1-21-15-5-3-2-4-12(15)11-6-7-13-14(18-17(19)20)8-9-22-16(13)10-11/h2-7,10,14,18H,8-9H2,1H3,(H,19,20). The molecule has 1 aliphatic rings. The number of carbonyl (C=O) groups is 1. The Morgan fingerprint density at radius 2 is 2.14 bits per heavy atom. The molecule has 0 fully saturated rings. The fourth-order valence-electron chi connectivity index (χ4n) is 2.74. The summed E-state index contributed by atoms with van der Waals surface area (Å²) >= 11 is 0. The van der Waals surface area contributed by atoms with Crippen LogP contribution in [0.15, 0.2) is 42.5 Å². The topological polar surface area (TPSA) is 67.8 Å². The van der Waals surface area contributed by atoms with Gasteiger partial charge in [-0.05, 0) is 17.7 Å². The molecule has 5 heteroatoms. The molecule has 114 valence electrons. The molecule has 0 saturated heterocycles. The number of methoxy groups -OCH3 is 1. The molecule has 1 aliphatic heterocycles. The Labute approximate surface area is 128 Å². The van der Waals surface area contributed by atoms with Crippen molar-refractivity contribution in [3.05, 3.63) is 48.0 Å². The van der Waals surface area contributed by atoms with E-state index in [-0.39, 0.29) is 6.04 Å². The number of hydrogen-bond donors (Lipinski definition) is 2. The van der Waals surface area contributed by atoms with E-state index < -0.39 is 6.09 Å². The summed E-state index contributed by atoms with van der Waals surface area (Å²) in [6.07, 6.45) is -0.389. The molecule has 1 unspecified atom stereocenters. The van der Waals surface area contributed by atoms with Crippen LogP contribution in [0.25, 0.3) is 11.1 Å². The highest BCUT2D eigenvalue weighted by atomic mass is 16.5. The largest absolute Gasteiger partial charge is 0.496 e. The first kappa shape index (κ1) is 14.3. The van der Waals surface area contributed by atoms with Crippen LogP contribution < -0.4 is 14.8 Å². The molecule has 0 bridgehead atoms. The Balaban J connectivity index is 1.99. The molecule has 0 aromatic heterocycles. The van der Waals surface area contributed by atoms with Gasteiger partial charge < -0.3 is 19.9 Å². The first-order valence-electron chi connectivity index (χ1n) is 7.08. The molecule has 0 spiro atoms. The fourth-order valence-corrected chi connectivity index (χ4v) is 2.74. The number of nitrogens with one attached hydrogen (secondary N) is 1. The molecule has 0 saturated carbocycles. The zero-order valence-corrected chi connectivity index (χ0v) is 12.2. The van der Waals surface area contributed by atoms with E-state index >= 15 is 0 Å². The Hall–Kier alpha value is -2.69. The molecule has 22 heavy (non-hydrogen) atoms. The van der Waals surface area contributed by atoms with Crippen molar-refractivity contribution in [1.29, 1.82) is 0 Å². The van der Waals surface area contributed by atoms with Crippen LogP contribution >= 0.6 is 0 Å². The summed E-state index contributed by atoms with van der Waals surface area (Å²) in [7, 11) is 1.64. The molecule has 5 nitrogen and oxygen atoms in total. The lowest BCUT2D eigenvalue weighted by Gasteiger charge is -2.26. The van der Waals surface area contributed by atoms with E-state index in [4.69, 9.17) is 14.6 Å². The van der Waals surface area contributed by atoms with Crippen molar-refractivity contribution in [3.63, 3.8) is 0 Å². The average molecular weight is 299 g/mol. The van der Waals surface area contributed by atoms with Gasteiger partial charge in [-0.1, -0.05) is 30.3 Å². The number of rotatable bonds is 3. The number of hydrogen-bond acceptors (Lipinski definition) is 3. The SMILES string of the molecule is COc1ccccc1-c1ccc2c(c1)OCCC2NC(=O)O. The third-order valence-corrected chi connectivity index (χ3v) is 3.77. The Kier molecular flexibility index (Phi) is 3.87. The van der Waals surface area contributed by atoms with Crippen LogP contribution in [0, 0.1) is 0 Å². The summed E-state index contributed by atoms with van der Waals surface area (Å²) in [6, 6.07) is 13.3. The van der Waals surface area contributed by atoms with Gasteiger partial charge in [-0.25, -0.2) is 4.79 Å². The Morgan fingerprint density at radius 3 is 2.91 bits per heavy atom. The predicted octanol–water partition coefficient (Wildman–Crippen LogP) is 3.45. The molecule has 0 radical (unpaired) electrons. The summed E-state index contributed by atoms with van der Waals surface area (Å²) < 4.78 is 11.1. The van der Waals surface area contributed by atoms with E-state index in [2.05, 4.69) is 5.32 Å². The minimum Gasteiger partial charge on any atom is -0.496 e. The number of ether oxygens (including phenoxy) is 2. The normalized spacial score (nSPS) is 16.3. The monoisotopic (exact) mass is 299 g/mol. The van der Waals surface area contributed by atoms with Gasteiger partial charge in [0.1, 0.15) is 11.5 Å². The lowest BCUT2D eigenvalue weighted by Crippen LogP contribution is -2.30. The van der Waals surface area contributed by atoms with Crippen LogP contribution in [0.3, 0.4) is 0 Å². The third kappa shape index (κ3) is 2.70. The predicted molar refractivity (Wildman–Crippen MR) is 82.4 cm³/mol. The van der Waals surface area contributed by atoms with Gasteiger partial charge in [-0.2, -0.15) is 0 Å². The number of para-hydroxylation sites is 1. The number of carboxylic acid groups (broad SMARTS) is 1. The van der Waals surface area contributed by atoms with Crippen LogP contribution in [0.5, 0.6) is 11.5 Å². The van der Waals surface area contributed by atoms with Gasteiger partial charge in [0.05, 0.1) is 19.8 Å². The van der Waals surface area contributed by atoms with Crippen molar-refractivity contribution < 1.29 is 19.4 Å². The number of amides is 1. The molecule has 3 rings (SSSR count). The zero-order valence-electron chi connectivity index (χ0n) is 12.2.